The molecule has 4 aromatic rings. The number of imidazole rings is 2. The van der Waals surface area contributed by atoms with E-state index < -0.39 is 24.3 Å². The number of nitrogens with zero attached hydrogens (tertiary/aromatic N) is 5. The quantitative estimate of drug-likeness (QED) is 0.150. The van der Waals surface area contributed by atoms with Crippen LogP contribution >= 0.6 is 0 Å². The molecule has 2 aromatic carbocycles. The van der Waals surface area contributed by atoms with Crippen molar-refractivity contribution >= 4 is 35.0 Å². The summed E-state index contributed by atoms with van der Waals surface area (Å²) in [4.78, 5) is 71.2. The fourth-order valence-electron chi connectivity index (χ4n) is 7.54. The lowest BCUT2D eigenvalue weighted by atomic mass is 10.0. The number of amides is 4. The first-order valence-electron chi connectivity index (χ1n) is 19.3. The van der Waals surface area contributed by atoms with Gasteiger partial charge in [0.1, 0.15) is 23.7 Å². The van der Waals surface area contributed by atoms with Crippen LogP contribution in [0.15, 0.2) is 42.5 Å². The van der Waals surface area contributed by atoms with Gasteiger partial charge in [-0.2, -0.15) is 5.26 Å². The lowest BCUT2D eigenvalue weighted by Gasteiger charge is -2.30. The van der Waals surface area contributed by atoms with Crippen LogP contribution in [-0.2, 0) is 25.5 Å². The number of ether oxygens (including phenoxy) is 2. The van der Waals surface area contributed by atoms with E-state index in [0.29, 0.717) is 42.5 Å². The minimum atomic E-state index is -0.749. The second-order valence-electron chi connectivity index (χ2n) is 15.1. The number of rotatable bonds is 10. The first-order chi connectivity index (χ1) is 27.4. The molecule has 2 saturated heterocycles. The van der Waals surface area contributed by atoms with Crippen LogP contribution in [-0.4, -0.2) is 93.1 Å². The molecule has 57 heavy (non-hydrogen) atoms. The van der Waals surface area contributed by atoms with Crippen LogP contribution in [0.5, 0.6) is 0 Å². The number of fused-ring (bicyclic) bond motifs is 1. The molecular weight excluding hydrogens is 727 g/mol. The van der Waals surface area contributed by atoms with Crippen LogP contribution in [0.3, 0.4) is 0 Å². The molecule has 4 atom stereocenters. The third-order valence-electron chi connectivity index (χ3n) is 10.5. The second-order valence-corrected chi connectivity index (χ2v) is 15.1. The van der Waals surface area contributed by atoms with Crippen LogP contribution in [0.2, 0.25) is 0 Å². The van der Waals surface area contributed by atoms with Gasteiger partial charge in [-0.05, 0) is 67.9 Å². The van der Waals surface area contributed by atoms with Crippen LogP contribution in [0.1, 0.15) is 93.9 Å². The lowest BCUT2D eigenvalue weighted by Crippen LogP contribution is -2.51. The number of H-pyrrole nitrogens is 2. The van der Waals surface area contributed by atoms with Crippen molar-refractivity contribution in [3.05, 3.63) is 70.9 Å². The van der Waals surface area contributed by atoms with E-state index in [-0.39, 0.29) is 42.2 Å². The van der Waals surface area contributed by atoms with Crippen LogP contribution in [0.25, 0.3) is 22.3 Å². The Balaban J connectivity index is 1.17. The molecule has 2 aliphatic heterocycles. The van der Waals surface area contributed by atoms with Gasteiger partial charge in [0.15, 0.2) is 0 Å². The molecule has 2 aliphatic rings. The first kappa shape index (κ1) is 40.3. The van der Waals surface area contributed by atoms with Gasteiger partial charge in [0.2, 0.25) is 11.8 Å². The molecule has 15 nitrogen and oxygen atoms in total. The molecule has 4 N–H and O–H groups in total. The Morgan fingerprint density at radius 3 is 1.84 bits per heavy atom. The topological polar surface area (TPSA) is 198 Å². The normalized spacial score (nSPS) is 17.5. The Morgan fingerprint density at radius 2 is 1.32 bits per heavy atom. The summed E-state index contributed by atoms with van der Waals surface area (Å²) in [7, 11) is 2.55. The molecule has 0 unspecified atom stereocenters. The van der Waals surface area contributed by atoms with Crippen LogP contribution < -0.4 is 10.6 Å². The van der Waals surface area contributed by atoms with E-state index >= 15 is 0 Å². The average molecular weight is 776 g/mol. The monoisotopic (exact) mass is 775 g/mol. The highest BCUT2D eigenvalue weighted by molar-refractivity contribution is 5.87. The lowest BCUT2D eigenvalue weighted by molar-refractivity contribution is -0.136. The van der Waals surface area contributed by atoms with E-state index in [4.69, 9.17) is 19.4 Å². The molecule has 0 aliphatic carbocycles. The molecule has 0 radical (unpaired) electrons. The third-order valence-corrected chi connectivity index (χ3v) is 10.5. The van der Waals surface area contributed by atoms with Gasteiger partial charge < -0.3 is 39.9 Å². The Bertz CT molecular complexity index is 2220. The fraction of sp³-hybridized carbons (Fsp3) is 0.452. The molecule has 298 valence electrons. The number of nitriles is 1. The number of hydrogen-bond donors (Lipinski definition) is 4. The summed E-state index contributed by atoms with van der Waals surface area (Å²) in [6, 6.07) is 13.6. The van der Waals surface area contributed by atoms with Gasteiger partial charge in [-0.1, -0.05) is 51.7 Å². The molecule has 4 heterocycles. The van der Waals surface area contributed by atoms with Crippen molar-refractivity contribution in [2.45, 2.75) is 84.0 Å². The van der Waals surface area contributed by atoms with Gasteiger partial charge in [-0.15, -0.1) is 0 Å². The number of aromatic amines is 2. The summed E-state index contributed by atoms with van der Waals surface area (Å²) in [6.07, 6.45) is 1.86. The van der Waals surface area contributed by atoms with Crippen LogP contribution in [0, 0.1) is 35.0 Å². The molecule has 0 spiro atoms. The van der Waals surface area contributed by atoms with E-state index in [1.807, 2.05) is 70.2 Å². The molecule has 2 fully saturated rings. The number of hydrogen-bond acceptors (Lipinski definition) is 9. The molecular formula is C42H49N9O6. The van der Waals surface area contributed by atoms with Gasteiger partial charge in [0, 0.05) is 29.8 Å². The summed E-state index contributed by atoms with van der Waals surface area (Å²) in [5.41, 5.74) is 5.25. The maximum atomic E-state index is 13.7. The Kier molecular flexibility index (Phi) is 12.5. The van der Waals surface area contributed by atoms with Gasteiger partial charge >= 0.3 is 12.2 Å². The van der Waals surface area contributed by atoms with Gasteiger partial charge in [0.25, 0.3) is 0 Å². The summed E-state index contributed by atoms with van der Waals surface area (Å²) >= 11 is 0. The Labute approximate surface area is 331 Å². The van der Waals surface area contributed by atoms with E-state index in [1.54, 1.807) is 9.80 Å². The number of carbonyl (C=O) groups excluding carboxylic acids is 4. The van der Waals surface area contributed by atoms with Crippen LogP contribution in [0.4, 0.5) is 9.59 Å². The predicted octanol–water partition coefficient (Wildman–Crippen LogP) is 5.51. The van der Waals surface area contributed by atoms with Gasteiger partial charge in [-0.25, -0.2) is 19.6 Å². The summed E-state index contributed by atoms with van der Waals surface area (Å²) < 4.78 is 9.51. The number of methoxy groups -OCH3 is 2. The number of aromatic nitrogens is 4. The van der Waals surface area contributed by atoms with Crippen molar-refractivity contribution in [1.29, 1.82) is 5.26 Å². The van der Waals surface area contributed by atoms with E-state index in [2.05, 4.69) is 38.5 Å². The summed E-state index contributed by atoms with van der Waals surface area (Å²) in [5, 5.41) is 15.0. The largest absolute Gasteiger partial charge is 0.453 e. The van der Waals surface area contributed by atoms with E-state index in [1.165, 1.54) is 14.2 Å². The van der Waals surface area contributed by atoms with Gasteiger partial charge in [0.05, 0.1) is 61.2 Å². The zero-order chi connectivity index (χ0) is 40.8. The third kappa shape index (κ3) is 8.88. The highest BCUT2D eigenvalue weighted by Gasteiger charge is 2.39. The number of likely N-dealkylation sites (tertiary alicyclic amines) is 2. The van der Waals surface area contributed by atoms with Crippen molar-refractivity contribution in [3.63, 3.8) is 0 Å². The van der Waals surface area contributed by atoms with E-state index in [0.717, 1.165) is 47.0 Å². The van der Waals surface area contributed by atoms with E-state index in [9.17, 15) is 24.4 Å². The molecule has 4 amide bonds. The second kappa shape index (κ2) is 17.6. The molecule has 0 bridgehead atoms. The van der Waals surface area contributed by atoms with Crippen molar-refractivity contribution < 1.29 is 28.7 Å². The maximum absolute atomic E-state index is 13.7. The Hall–Kier alpha value is -6.35. The fourth-order valence-corrected chi connectivity index (χ4v) is 7.54. The SMILES string of the molecule is COC(=O)N[C@H](C(=O)N1CCC[C@H]1c1nc(-c2ccc(C#Cc3ccc4nc([C@@H]5CCCN5C(=O)[C@H](NC(=O)OC)C(C)C)[nH]c4c3)cc2)c(CC#N)[nH]1)C(C)C. The minimum Gasteiger partial charge on any atom is -0.453 e. The highest BCUT2D eigenvalue weighted by Crippen LogP contribution is 2.35. The first-order valence-corrected chi connectivity index (χ1v) is 19.3. The van der Waals surface area contributed by atoms with Crippen molar-refractivity contribution in [2.24, 2.45) is 11.8 Å². The molecule has 15 heteroatoms. The number of alkyl carbamates (subject to hydrolysis) is 2. The standard InChI is InChI=1S/C42H49N9O6/c1-24(2)34(48-41(54)56-5)39(52)50-21-7-9-32(50)37-44-29-18-15-27(23-31(29)46-37)12-11-26-13-16-28(17-14-26)36-30(19-20-43)45-38(47-36)33-10-8-22-51(33)40(53)35(25(3)4)49-42(55)57-6/h13-18,23-25,32-35H,7-10,19,21-22H2,1-6H3,(H,44,46)(H,45,47)(H,48,54)(H,49,55)/t32-,33-,34+,35-/m0/s1. The molecule has 2 aromatic heterocycles. The predicted molar refractivity (Wildman–Crippen MR) is 211 cm³/mol. The highest BCUT2D eigenvalue weighted by atomic mass is 16.5. The zero-order valence-electron chi connectivity index (χ0n) is 33.1. The van der Waals surface area contributed by atoms with Crippen molar-refractivity contribution in [1.82, 2.24) is 40.4 Å². The maximum Gasteiger partial charge on any atom is 0.407 e. The Morgan fingerprint density at radius 1 is 0.789 bits per heavy atom. The van der Waals surface area contributed by atoms with Gasteiger partial charge in [-0.3, -0.25) is 9.59 Å². The summed E-state index contributed by atoms with van der Waals surface area (Å²) in [5.74, 6) is 7.12. The number of benzene rings is 2. The number of nitrogens with one attached hydrogen (secondary N) is 4. The number of carbonyl (C=O) groups is 4. The van der Waals surface area contributed by atoms with Crippen molar-refractivity contribution in [3.8, 4) is 29.2 Å². The van der Waals surface area contributed by atoms with Crippen molar-refractivity contribution in [2.75, 3.05) is 27.3 Å². The average Bonchev–Trinajstić information content (AvgIpc) is 4.03. The summed E-state index contributed by atoms with van der Waals surface area (Å²) in [6.45, 7) is 8.61. The molecule has 0 saturated carbocycles. The minimum absolute atomic E-state index is 0.112. The zero-order valence-corrected chi connectivity index (χ0v) is 33.1. The smallest absolute Gasteiger partial charge is 0.407 e. The molecule has 6 rings (SSSR count).